The monoisotopic (exact) mass is 222 g/mol. The molecule has 1 atom stereocenters. The van der Waals surface area contributed by atoms with Crippen molar-refractivity contribution in [2.24, 2.45) is 0 Å². The van der Waals surface area contributed by atoms with Crippen molar-refractivity contribution >= 4 is 12.1 Å². The maximum Gasteiger partial charge on any atom is 0.508 e. The van der Waals surface area contributed by atoms with Crippen LogP contribution in [0.15, 0.2) is 30.3 Å². The van der Waals surface area contributed by atoms with E-state index in [1.54, 1.807) is 24.3 Å². The highest BCUT2D eigenvalue weighted by Gasteiger charge is 2.26. The smallest absolute Gasteiger partial charge is 0.458 e. The van der Waals surface area contributed by atoms with Gasteiger partial charge in [0.05, 0.1) is 5.56 Å². The van der Waals surface area contributed by atoms with E-state index in [9.17, 15) is 9.59 Å². The number of carbonyl (C=O) groups is 2. The van der Waals surface area contributed by atoms with Gasteiger partial charge >= 0.3 is 12.1 Å². The lowest BCUT2D eigenvalue weighted by Crippen LogP contribution is -2.20. The van der Waals surface area contributed by atoms with E-state index in [4.69, 9.17) is 9.47 Å². The lowest BCUT2D eigenvalue weighted by molar-refractivity contribution is 0.0300. The number of rotatable bonds is 3. The summed E-state index contributed by atoms with van der Waals surface area (Å²) in [6.07, 6.45) is -1.22. The Morgan fingerprint density at radius 1 is 1.38 bits per heavy atom. The summed E-state index contributed by atoms with van der Waals surface area (Å²) in [5.41, 5.74) is 0.466. The highest BCUT2D eigenvalue weighted by molar-refractivity contribution is 5.89. The van der Waals surface area contributed by atoms with Gasteiger partial charge in [-0.05, 0) is 12.1 Å². The molecule has 16 heavy (non-hydrogen) atoms. The van der Waals surface area contributed by atoms with Crippen LogP contribution in [0, 0.1) is 0 Å². The zero-order valence-electron chi connectivity index (χ0n) is 8.42. The molecule has 0 aromatic heterocycles. The fraction of sp³-hybridized carbons (Fsp3) is 0.273. The Hall–Kier alpha value is -2.04. The molecule has 0 aliphatic carbocycles. The molecular weight excluding hydrogens is 212 g/mol. The average molecular weight is 222 g/mol. The maximum absolute atomic E-state index is 11.5. The van der Waals surface area contributed by atoms with Crippen LogP contribution < -0.4 is 0 Å². The van der Waals surface area contributed by atoms with Crippen LogP contribution in [-0.4, -0.2) is 31.4 Å². The number of hydrogen-bond acceptors (Lipinski definition) is 5. The first-order chi connectivity index (χ1) is 7.75. The minimum atomic E-state index is -0.722. The van der Waals surface area contributed by atoms with Gasteiger partial charge in [0.2, 0.25) is 0 Å². The molecule has 0 amide bonds. The van der Waals surface area contributed by atoms with Crippen molar-refractivity contribution in [2.75, 3.05) is 13.2 Å². The van der Waals surface area contributed by atoms with Crippen LogP contribution in [0.2, 0.25) is 0 Å². The van der Waals surface area contributed by atoms with E-state index in [-0.39, 0.29) is 13.2 Å². The zero-order chi connectivity index (χ0) is 11.4. The molecule has 0 saturated carbocycles. The first-order valence-corrected chi connectivity index (χ1v) is 4.81. The molecule has 1 unspecified atom stereocenters. The fourth-order valence-electron chi connectivity index (χ4n) is 1.27. The minimum Gasteiger partial charge on any atom is -0.458 e. The maximum atomic E-state index is 11.5. The molecule has 84 valence electrons. The van der Waals surface area contributed by atoms with E-state index in [0.717, 1.165) is 0 Å². The van der Waals surface area contributed by atoms with E-state index >= 15 is 0 Å². The van der Waals surface area contributed by atoms with Crippen molar-refractivity contribution in [1.29, 1.82) is 0 Å². The Balaban J connectivity index is 1.82. The Kier molecular flexibility index (Phi) is 3.05. The number of carbonyl (C=O) groups excluding carboxylic acids is 2. The molecule has 5 nitrogen and oxygen atoms in total. The summed E-state index contributed by atoms with van der Waals surface area (Å²) >= 11 is 0. The Morgan fingerprint density at radius 2 is 2.12 bits per heavy atom. The molecular formula is C11H10O5. The molecule has 1 fully saturated rings. The second kappa shape index (κ2) is 4.65. The quantitative estimate of drug-likeness (QED) is 0.723. The van der Waals surface area contributed by atoms with E-state index < -0.39 is 18.2 Å². The molecule has 0 bridgehead atoms. The van der Waals surface area contributed by atoms with E-state index in [2.05, 4.69) is 4.74 Å². The van der Waals surface area contributed by atoms with E-state index in [1.165, 1.54) is 0 Å². The lowest BCUT2D eigenvalue weighted by atomic mass is 10.2. The molecule has 1 heterocycles. The Bertz CT molecular complexity index is 387. The molecule has 2 rings (SSSR count). The van der Waals surface area contributed by atoms with Gasteiger partial charge in [0.25, 0.3) is 0 Å². The summed E-state index contributed by atoms with van der Waals surface area (Å²) in [5.74, 6) is -0.441. The average Bonchev–Trinajstić information content (AvgIpc) is 2.73. The van der Waals surface area contributed by atoms with Crippen LogP contribution in [0.3, 0.4) is 0 Å². The second-order valence-electron chi connectivity index (χ2n) is 3.27. The van der Waals surface area contributed by atoms with Gasteiger partial charge in [0, 0.05) is 0 Å². The van der Waals surface area contributed by atoms with E-state index in [1.807, 2.05) is 6.07 Å². The fourth-order valence-corrected chi connectivity index (χ4v) is 1.27. The SMILES string of the molecule is O=C1OCC(COC(=O)c2ccccc2)O1. The number of esters is 1. The first kappa shape index (κ1) is 10.5. The number of benzene rings is 1. The van der Waals surface area contributed by atoms with Crippen LogP contribution in [-0.2, 0) is 14.2 Å². The van der Waals surface area contributed by atoms with Crippen molar-refractivity contribution in [3.63, 3.8) is 0 Å². The number of ether oxygens (including phenoxy) is 3. The third-order valence-electron chi connectivity index (χ3n) is 2.06. The van der Waals surface area contributed by atoms with Gasteiger partial charge in [-0.2, -0.15) is 0 Å². The molecule has 0 N–H and O–H groups in total. The van der Waals surface area contributed by atoms with Crippen molar-refractivity contribution in [1.82, 2.24) is 0 Å². The van der Waals surface area contributed by atoms with Crippen molar-refractivity contribution in [2.45, 2.75) is 6.10 Å². The van der Waals surface area contributed by atoms with Gasteiger partial charge in [-0.3, -0.25) is 0 Å². The van der Waals surface area contributed by atoms with Gasteiger partial charge in [0.15, 0.2) is 6.10 Å². The van der Waals surface area contributed by atoms with Crippen molar-refractivity contribution < 1.29 is 23.8 Å². The van der Waals surface area contributed by atoms with Crippen LogP contribution in [0.25, 0.3) is 0 Å². The van der Waals surface area contributed by atoms with Crippen LogP contribution in [0.4, 0.5) is 4.79 Å². The second-order valence-corrected chi connectivity index (χ2v) is 3.27. The molecule has 1 aliphatic heterocycles. The van der Waals surface area contributed by atoms with Gasteiger partial charge < -0.3 is 14.2 Å². The highest BCUT2D eigenvalue weighted by atomic mass is 16.8. The van der Waals surface area contributed by atoms with Crippen molar-refractivity contribution in [3.8, 4) is 0 Å². The molecule has 5 heteroatoms. The Labute approximate surface area is 91.9 Å². The van der Waals surface area contributed by atoms with Crippen molar-refractivity contribution in [3.05, 3.63) is 35.9 Å². The standard InChI is InChI=1S/C11H10O5/c12-10(8-4-2-1-3-5-8)14-6-9-7-15-11(13)16-9/h1-5,9H,6-7H2. The molecule has 1 aromatic carbocycles. The number of cyclic esters (lactones) is 2. The van der Waals surface area contributed by atoms with Gasteiger partial charge in [-0.25, -0.2) is 9.59 Å². The first-order valence-electron chi connectivity index (χ1n) is 4.81. The van der Waals surface area contributed by atoms with Crippen LogP contribution >= 0.6 is 0 Å². The van der Waals surface area contributed by atoms with E-state index in [0.29, 0.717) is 5.56 Å². The Morgan fingerprint density at radius 3 is 2.75 bits per heavy atom. The molecule has 1 aromatic rings. The molecule has 0 radical (unpaired) electrons. The molecule has 0 spiro atoms. The van der Waals surface area contributed by atoms with Crippen LogP contribution in [0.1, 0.15) is 10.4 Å². The normalized spacial score (nSPS) is 18.8. The third-order valence-corrected chi connectivity index (χ3v) is 2.06. The summed E-state index contributed by atoms with van der Waals surface area (Å²) in [4.78, 5) is 22.1. The van der Waals surface area contributed by atoms with Gasteiger partial charge in [-0.1, -0.05) is 18.2 Å². The summed E-state index contributed by atoms with van der Waals surface area (Å²) < 4.78 is 14.2. The summed E-state index contributed by atoms with van der Waals surface area (Å²) in [5, 5.41) is 0. The van der Waals surface area contributed by atoms with Gasteiger partial charge in [0.1, 0.15) is 13.2 Å². The predicted molar refractivity (Wildman–Crippen MR) is 52.9 cm³/mol. The third kappa shape index (κ3) is 2.50. The van der Waals surface area contributed by atoms with Gasteiger partial charge in [-0.15, -0.1) is 0 Å². The largest absolute Gasteiger partial charge is 0.508 e. The molecule has 1 aliphatic rings. The zero-order valence-corrected chi connectivity index (χ0v) is 8.42. The summed E-state index contributed by atoms with van der Waals surface area (Å²) in [7, 11) is 0. The van der Waals surface area contributed by atoms with Crippen LogP contribution in [0.5, 0.6) is 0 Å². The minimum absolute atomic E-state index is 0.0134. The summed E-state index contributed by atoms with van der Waals surface area (Å²) in [6, 6.07) is 8.60. The number of hydrogen-bond donors (Lipinski definition) is 0. The lowest BCUT2D eigenvalue weighted by Gasteiger charge is -2.07. The highest BCUT2D eigenvalue weighted by Crippen LogP contribution is 2.08. The predicted octanol–water partition coefficient (Wildman–Crippen LogP) is 1.38. The topological polar surface area (TPSA) is 61.8 Å². The molecule has 1 saturated heterocycles. The summed E-state index contributed by atoms with van der Waals surface area (Å²) in [6.45, 7) is 0.139.